The molecule has 0 unspecified atom stereocenters. The van der Waals surface area contributed by atoms with E-state index in [1.165, 1.54) is 0 Å². The predicted molar refractivity (Wildman–Crippen MR) is 121 cm³/mol. The Labute approximate surface area is 181 Å². The molecule has 0 aliphatic carbocycles. The largest absolute Gasteiger partial charge is 0.494 e. The Hall–Kier alpha value is -1.95. The van der Waals surface area contributed by atoms with Gasteiger partial charge in [-0.2, -0.15) is 5.10 Å². The second kappa shape index (κ2) is 9.70. The first kappa shape index (κ1) is 20.3. The van der Waals surface area contributed by atoms with Crippen LogP contribution in [0.3, 0.4) is 0 Å². The van der Waals surface area contributed by atoms with Gasteiger partial charge in [-0.05, 0) is 56.6 Å². The average Bonchev–Trinajstić information content (AvgIpc) is 3.07. The predicted octanol–water partition coefficient (Wildman–Crippen LogP) is 5.24. The zero-order chi connectivity index (χ0) is 20.1. The Kier molecular flexibility index (Phi) is 6.80. The summed E-state index contributed by atoms with van der Waals surface area (Å²) in [5, 5.41) is 9.40. The van der Waals surface area contributed by atoms with Crippen LogP contribution in [0.4, 0.5) is 5.69 Å². The molecule has 4 rings (SSSR count). The fourth-order valence-corrected chi connectivity index (χ4v) is 4.22. The highest BCUT2D eigenvalue weighted by Gasteiger charge is 2.17. The Morgan fingerprint density at radius 2 is 1.97 bits per heavy atom. The molecule has 154 valence electrons. The van der Waals surface area contributed by atoms with Crippen molar-refractivity contribution in [2.45, 2.75) is 19.3 Å². The van der Waals surface area contributed by atoms with Gasteiger partial charge in [-0.1, -0.05) is 29.3 Å². The first-order valence-corrected chi connectivity index (χ1v) is 10.9. The number of aromatic nitrogens is 2. The van der Waals surface area contributed by atoms with Crippen molar-refractivity contribution in [3.8, 4) is 5.75 Å². The van der Waals surface area contributed by atoms with Crippen molar-refractivity contribution in [2.75, 3.05) is 44.2 Å². The van der Waals surface area contributed by atoms with Gasteiger partial charge in [-0.25, -0.2) is 0 Å². The van der Waals surface area contributed by atoms with Crippen LogP contribution in [-0.2, 0) is 0 Å². The quantitative estimate of drug-likeness (QED) is 0.518. The van der Waals surface area contributed by atoms with Gasteiger partial charge in [0.25, 0.3) is 0 Å². The number of halogens is 2. The number of hydrogen-bond donors (Lipinski definition) is 1. The molecule has 1 aliphatic heterocycles. The normalized spacial score (nSPS) is 15.6. The molecule has 3 aromatic rings. The molecule has 2 aromatic carbocycles. The first-order valence-electron chi connectivity index (χ1n) is 10.2. The lowest BCUT2D eigenvalue weighted by molar-refractivity contribution is 0.261. The molecular weight excluding hydrogens is 407 g/mol. The molecule has 0 bridgehead atoms. The van der Waals surface area contributed by atoms with E-state index in [1.54, 1.807) is 0 Å². The van der Waals surface area contributed by atoms with Crippen LogP contribution < -0.4 is 9.64 Å². The smallest absolute Gasteiger partial charge is 0.121 e. The third kappa shape index (κ3) is 5.16. The molecular formula is C22H26Cl2N4O. The maximum atomic E-state index is 6.40. The van der Waals surface area contributed by atoms with E-state index in [4.69, 9.17) is 27.9 Å². The Morgan fingerprint density at radius 3 is 2.90 bits per heavy atom. The third-order valence-electron chi connectivity index (χ3n) is 5.41. The third-order valence-corrected chi connectivity index (χ3v) is 6.22. The summed E-state index contributed by atoms with van der Waals surface area (Å²) in [4.78, 5) is 4.89. The number of aromatic amines is 1. The van der Waals surface area contributed by atoms with Crippen molar-refractivity contribution in [3.63, 3.8) is 0 Å². The van der Waals surface area contributed by atoms with Crippen molar-refractivity contribution in [1.82, 2.24) is 15.1 Å². The van der Waals surface area contributed by atoms with Crippen LogP contribution in [0.25, 0.3) is 10.9 Å². The van der Waals surface area contributed by atoms with Gasteiger partial charge in [0.2, 0.25) is 0 Å². The van der Waals surface area contributed by atoms with E-state index < -0.39 is 0 Å². The van der Waals surface area contributed by atoms with Crippen LogP contribution >= 0.6 is 23.2 Å². The van der Waals surface area contributed by atoms with Crippen molar-refractivity contribution < 1.29 is 4.74 Å². The summed E-state index contributed by atoms with van der Waals surface area (Å²) in [6.07, 6.45) is 5.12. The maximum Gasteiger partial charge on any atom is 0.121 e. The summed E-state index contributed by atoms with van der Waals surface area (Å²) in [6, 6.07) is 11.9. The molecule has 1 fully saturated rings. The molecule has 1 N–H and O–H groups in total. The summed E-state index contributed by atoms with van der Waals surface area (Å²) < 4.78 is 5.90. The topological polar surface area (TPSA) is 44.4 Å². The molecule has 5 nitrogen and oxygen atoms in total. The Bertz CT molecular complexity index is 945. The van der Waals surface area contributed by atoms with Crippen molar-refractivity contribution >= 4 is 39.8 Å². The SMILES string of the molecule is Clc1cccc(N2CCCN(CCCCOc3ccc4cn[nH]c4c3)CC2)c1Cl. The van der Waals surface area contributed by atoms with E-state index in [1.807, 2.05) is 36.5 Å². The molecule has 0 spiro atoms. The molecule has 0 saturated carbocycles. The van der Waals surface area contributed by atoms with Crippen LogP contribution in [0.5, 0.6) is 5.75 Å². The molecule has 0 amide bonds. The molecule has 2 heterocycles. The molecule has 0 atom stereocenters. The van der Waals surface area contributed by atoms with E-state index in [2.05, 4.69) is 26.1 Å². The van der Waals surface area contributed by atoms with E-state index in [-0.39, 0.29) is 0 Å². The highest BCUT2D eigenvalue weighted by atomic mass is 35.5. The number of fused-ring (bicyclic) bond motifs is 1. The van der Waals surface area contributed by atoms with Gasteiger partial charge in [0.1, 0.15) is 5.75 Å². The number of rotatable bonds is 7. The number of anilines is 1. The minimum Gasteiger partial charge on any atom is -0.494 e. The number of benzene rings is 2. The van der Waals surface area contributed by atoms with Crippen LogP contribution in [-0.4, -0.2) is 54.4 Å². The summed E-state index contributed by atoms with van der Waals surface area (Å²) in [5.41, 5.74) is 2.06. The van der Waals surface area contributed by atoms with Crippen LogP contribution in [0.1, 0.15) is 19.3 Å². The van der Waals surface area contributed by atoms with Crippen molar-refractivity contribution in [1.29, 1.82) is 0 Å². The second-order valence-corrected chi connectivity index (χ2v) is 8.21. The molecule has 1 aromatic heterocycles. The molecule has 29 heavy (non-hydrogen) atoms. The van der Waals surface area contributed by atoms with Crippen LogP contribution in [0.2, 0.25) is 10.0 Å². The van der Waals surface area contributed by atoms with Crippen LogP contribution in [0, 0.1) is 0 Å². The highest BCUT2D eigenvalue weighted by molar-refractivity contribution is 6.43. The van der Waals surface area contributed by atoms with E-state index in [9.17, 15) is 0 Å². The minimum absolute atomic E-state index is 0.622. The lowest BCUT2D eigenvalue weighted by Gasteiger charge is -2.25. The van der Waals surface area contributed by atoms with Gasteiger partial charge in [-0.15, -0.1) is 0 Å². The number of unbranched alkanes of at least 4 members (excludes halogenated alkanes) is 1. The first-order chi connectivity index (χ1) is 14.2. The van der Waals surface area contributed by atoms with E-state index in [0.717, 1.165) is 80.9 Å². The molecule has 1 aliphatic rings. The molecule has 7 heteroatoms. The van der Waals surface area contributed by atoms with Gasteiger partial charge in [-0.3, -0.25) is 5.10 Å². The summed E-state index contributed by atoms with van der Waals surface area (Å²) >= 11 is 12.6. The standard InChI is InChI=1S/C22H26Cl2N4O/c23-19-5-3-6-21(22(19)24)28-11-4-10-27(12-13-28)9-1-2-14-29-18-8-7-17-16-25-26-20(17)15-18/h3,5-8,15-16H,1-2,4,9-14H2,(H,25,26). The van der Waals surface area contributed by atoms with Crippen molar-refractivity contribution in [3.05, 3.63) is 52.6 Å². The number of ether oxygens (including phenoxy) is 1. The Morgan fingerprint density at radius 1 is 1.03 bits per heavy atom. The fraction of sp³-hybridized carbons (Fsp3) is 0.409. The van der Waals surface area contributed by atoms with Gasteiger partial charge in [0.15, 0.2) is 0 Å². The number of H-pyrrole nitrogens is 1. The zero-order valence-corrected chi connectivity index (χ0v) is 17.9. The van der Waals surface area contributed by atoms with Crippen LogP contribution in [0.15, 0.2) is 42.6 Å². The lowest BCUT2D eigenvalue weighted by atomic mass is 10.2. The fourth-order valence-electron chi connectivity index (χ4n) is 3.81. The van der Waals surface area contributed by atoms with Gasteiger partial charge >= 0.3 is 0 Å². The zero-order valence-electron chi connectivity index (χ0n) is 16.4. The number of nitrogens with zero attached hydrogens (tertiary/aromatic N) is 3. The summed E-state index contributed by atoms with van der Waals surface area (Å²) in [6.45, 7) is 5.97. The Balaban J connectivity index is 1.19. The monoisotopic (exact) mass is 432 g/mol. The summed E-state index contributed by atoms with van der Waals surface area (Å²) in [7, 11) is 0. The van der Waals surface area contributed by atoms with Gasteiger partial charge in [0.05, 0.1) is 34.1 Å². The highest BCUT2D eigenvalue weighted by Crippen LogP contribution is 2.32. The van der Waals surface area contributed by atoms with Crippen molar-refractivity contribution in [2.24, 2.45) is 0 Å². The summed E-state index contributed by atoms with van der Waals surface area (Å²) in [5.74, 6) is 0.894. The minimum atomic E-state index is 0.622. The average molecular weight is 433 g/mol. The number of hydrogen-bond acceptors (Lipinski definition) is 4. The van der Waals surface area contributed by atoms with E-state index >= 15 is 0 Å². The maximum absolute atomic E-state index is 6.40. The molecule has 0 radical (unpaired) electrons. The number of nitrogens with one attached hydrogen (secondary N) is 1. The van der Waals surface area contributed by atoms with Gasteiger partial charge < -0.3 is 14.5 Å². The van der Waals surface area contributed by atoms with E-state index in [0.29, 0.717) is 10.0 Å². The van der Waals surface area contributed by atoms with Gasteiger partial charge in [0, 0.05) is 31.1 Å². The molecule has 1 saturated heterocycles. The lowest BCUT2D eigenvalue weighted by Crippen LogP contribution is -2.31. The second-order valence-electron chi connectivity index (χ2n) is 7.43.